The Kier molecular flexibility index (Phi) is 8.57. The summed E-state index contributed by atoms with van der Waals surface area (Å²) >= 11 is 0. The first-order chi connectivity index (χ1) is 15.7. The molecule has 184 valence electrons. The number of rotatable bonds is 7. The van der Waals surface area contributed by atoms with Gasteiger partial charge in [-0.25, -0.2) is 14.6 Å². The molecule has 1 saturated heterocycles. The quantitative estimate of drug-likeness (QED) is 0.559. The van der Waals surface area contributed by atoms with E-state index >= 15 is 0 Å². The van der Waals surface area contributed by atoms with Crippen LogP contribution in [0.4, 0.5) is 15.4 Å². The topological polar surface area (TPSA) is 75.2 Å². The number of methoxy groups -OCH3 is 1. The van der Waals surface area contributed by atoms with E-state index in [0.717, 1.165) is 76.0 Å². The third kappa shape index (κ3) is 6.82. The van der Waals surface area contributed by atoms with Crippen LogP contribution in [0.2, 0.25) is 0 Å². The molecule has 33 heavy (non-hydrogen) atoms. The summed E-state index contributed by atoms with van der Waals surface area (Å²) in [7, 11) is 3.57. The van der Waals surface area contributed by atoms with Gasteiger partial charge in [0.05, 0.1) is 7.11 Å². The Hall–Kier alpha value is -2.35. The highest BCUT2D eigenvalue weighted by Crippen LogP contribution is 2.31. The van der Waals surface area contributed by atoms with Crippen LogP contribution in [0.3, 0.4) is 0 Å². The van der Waals surface area contributed by atoms with Crippen molar-refractivity contribution in [1.29, 1.82) is 0 Å². The fourth-order valence-electron chi connectivity index (χ4n) is 4.77. The molecule has 0 radical (unpaired) electrons. The maximum absolute atomic E-state index is 12.4. The number of likely N-dealkylation sites (tertiary alicyclic amines) is 1. The number of amides is 2. The second-order valence-electron chi connectivity index (χ2n) is 10.2. The summed E-state index contributed by atoms with van der Waals surface area (Å²) in [5.74, 6) is 0.746. The molecule has 3 heterocycles. The lowest BCUT2D eigenvalue weighted by molar-refractivity contribution is 0.0282. The smallest absolute Gasteiger partial charge is 0.415 e. The molecule has 0 bridgehead atoms. The predicted octanol–water partition coefficient (Wildman–Crippen LogP) is 4.47. The summed E-state index contributed by atoms with van der Waals surface area (Å²) in [5.41, 5.74) is 0.652. The van der Waals surface area contributed by atoms with E-state index in [1.165, 1.54) is 7.11 Å². The molecule has 2 amide bonds. The van der Waals surface area contributed by atoms with Crippen molar-refractivity contribution >= 4 is 18.0 Å². The molecule has 1 fully saturated rings. The van der Waals surface area contributed by atoms with E-state index in [0.29, 0.717) is 6.04 Å². The van der Waals surface area contributed by atoms with Crippen LogP contribution in [0, 0.1) is 0 Å². The number of ether oxygens (including phenoxy) is 2. The van der Waals surface area contributed by atoms with Gasteiger partial charge in [-0.1, -0.05) is 18.9 Å². The molecule has 0 spiro atoms. The van der Waals surface area contributed by atoms with Gasteiger partial charge in [0.1, 0.15) is 11.4 Å². The molecule has 1 unspecified atom stereocenters. The van der Waals surface area contributed by atoms with Crippen LogP contribution < -0.4 is 4.90 Å². The molecule has 1 aromatic rings. The lowest BCUT2D eigenvalue weighted by atomic mass is 9.95. The second-order valence-corrected chi connectivity index (χ2v) is 10.2. The Bertz CT molecular complexity index is 810. The molecule has 2 aliphatic rings. The van der Waals surface area contributed by atoms with Gasteiger partial charge in [0.25, 0.3) is 0 Å². The number of anilines is 1. The highest BCUT2D eigenvalue weighted by molar-refractivity contribution is 5.88. The Balaban J connectivity index is 1.40. The number of unbranched alkanes of at least 4 members (excludes halogenated alkanes) is 2. The van der Waals surface area contributed by atoms with Crippen molar-refractivity contribution in [3.63, 3.8) is 0 Å². The van der Waals surface area contributed by atoms with Crippen LogP contribution in [0.1, 0.15) is 64.9 Å². The van der Waals surface area contributed by atoms with E-state index in [-0.39, 0.29) is 18.2 Å². The van der Waals surface area contributed by atoms with Crippen molar-refractivity contribution < 1.29 is 19.1 Å². The van der Waals surface area contributed by atoms with Gasteiger partial charge in [-0.3, -0.25) is 4.90 Å². The Morgan fingerprint density at radius 3 is 2.70 bits per heavy atom. The van der Waals surface area contributed by atoms with E-state index < -0.39 is 5.60 Å². The molecule has 0 aliphatic carbocycles. The molecular formula is C25H40N4O4. The van der Waals surface area contributed by atoms with Crippen molar-refractivity contribution in [2.75, 3.05) is 38.7 Å². The number of nitrogens with zero attached hydrogens (tertiary/aromatic N) is 4. The summed E-state index contributed by atoms with van der Waals surface area (Å²) in [6.45, 7) is 8.19. The molecule has 0 aromatic carbocycles. The van der Waals surface area contributed by atoms with E-state index in [4.69, 9.17) is 9.47 Å². The zero-order valence-electron chi connectivity index (χ0n) is 20.9. The standard InChI is InChI=1S/C25H40N4O4/c1-25(2,3)33-23(30)28-17-14-21(18-28)27(4)16-8-6-7-11-20-13-12-19-10-9-15-26-22(19)29(20)24(31)32-5/h9-10,15,20-21H,6-8,11-14,16-18H2,1-5H3/t20?,21-/m1/s1. The van der Waals surface area contributed by atoms with Crippen molar-refractivity contribution in [2.24, 2.45) is 0 Å². The Morgan fingerprint density at radius 1 is 1.18 bits per heavy atom. The fraction of sp³-hybridized carbons (Fsp3) is 0.720. The maximum atomic E-state index is 12.4. The number of fused-ring (bicyclic) bond motifs is 1. The summed E-state index contributed by atoms with van der Waals surface area (Å²) in [4.78, 5) is 35.1. The molecular weight excluding hydrogens is 420 g/mol. The van der Waals surface area contributed by atoms with Gasteiger partial charge in [-0.2, -0.15) is 0 Å². The molecule has 0 saturated carbocycles. The zero-order chi connectivity index (χ0) is 24.0. The Morgan fingerprint density at radius 2 is 1.97 bits per heavy atom. The van der Waals surface area contributed by atoms with Crippen molar-refractivity contribution in [3.05, 3.63) is 23.9 Å². The average Bonchev–Trinajstić information content (AvgIpc) is 3.27. The van der Waals surface area contributed by atoms with Crippen molar-refractivity contribution in [3.8, 4) is 0 Å². The first kappa shape index (κ1) is 25.3. The van der Waals surface area contributed by atoms with Gasteiger partial charge < -0.3 is 19.3 Å². The third-order valence-electron chi connectivity index (χ3n) is 6.57. The zero-order valence-corrected chi connectivity index (χ0v) is 20.9. The summed E-state index contributed by atoms with van der Waals surface area (Å²) < 4.78 is 10.6. The van der Waals surface area contributed by atoms with Gasteiger partial charge in [0, 0.05) is 31.4 Å². The fourth-order valence-corrected chi connectivity index (χ4v) is 4.77. The van der Waals surface area contributed by atoms with Gasteiger partial charge in [0.2, 0.25) is 0 Å². The van der Waals surface area contributed by atoms with Crippen LogP contribution in [-0.4, -0.2) is 78.4 Å². The number of hydrogen-bond donors (Lipinski definition) is 0. The number of carbonyl (C=O) groups is 2. The van der Waals surface area contributed by atoms with Gasteiger partial charge >= 0.3 is 12.2 Å². The lowest BCUT2D eigenvalue weighted by Gasteiger charge is -2.35. The number of likely N-dealkylation sites (N-methyl/N-ethyl adjacent to an activating group) is 1. The molecule has 2 aliphatic heterocycles. The van der Waals surface area contributed by atoms with Crippen LogP contribution in [0.5, 0.6) is 0 Å². The molecule has 8 nitrogen and oxygen atoms in total. The van der Waals surface area contributed by atoms with E-state index in [9.17, 15) is 9.59 Å². The molecule has 1 aromatic heterocycles. The van der Waals surface area contributed by atoms with E-state index in [1.807, 2.05) is 37.8 Å². The Labute approximate surface area is 198 Å². The highest BCUT2D eigenvalue weighted by atomic mass is 16.6. The minimum Gasteiger partial charge on any atom is -0.452 e. The number of hydrogen-bond acceptors (Lipinski definition) is 6. The number of carbonyl (C=O) groups excluding carboxylic acids is 2. The minimum atomic E-state index is -0.457. The van der Waals surface area contributed by atoms with Crippen molar-refractivity contribution in [1.82, 2.24) is 14.8 Å². The normalized spacial score (nSPS) is 20.7. The first-order valence-electron chi connectivity index (χ1n) is 12.2. The average molecular weight is 461 g/mol. The second kappa shape index (κ2) is 11.2. The van der Waals surface area contributed by atoms with E-state index in [2.05, 4.69) is 16.9 Å². The minimum absolute atomic E-state index is 0.134. The van der Waals surface area contributed by atoms with Crippen LogP contribution >= 0.6 is 0 Å². The number of aromatic nitrogens is 1. The number of aryl methyl sites for hydroxylation is 1. The third-order valence-corrected chi connectivity index (χ3v) is 6.57. The van der Waals surface area contributed by atoms with Crippen molar-refractivity contribution in [2.45, 2.75) is 83.4 Å². The summed E-state index contributed by atoms with van der Waals surface area (Å²) in [6, 6.07) is 4.47. The molecule has 3 rings (SSSR count). The van der Waals surface area contributed by atoms with Gasteiger partial charge in [-0.15, -0.1) is 0 Å². The van der Waals surface area contributed by atoms with Gasteiger partial charge in [0.15, 0.2) is 0 Å². The largest absolute Gasteiger partial charge is 0.452 e. The van der Waals surface area contributed by atoms with Crippen LogP contribution in [-0.2, 0) is 15.9 Å². The SMILES string of the molecule is COC(=O)N1c2ncccc2CCC1CCCCCN(C)[C@@H]1CCN(C(=O)OC(C)(C)C)C1. The first-order valence-corrected chi connectivity index (χ1v) is 12.2. The van der Waals surface area contributed by atoms with E-state index in [1.54, 1.807) is 11.1 Å². The lowest BCUT2D eigenvalue weighted by Crippen LogP contribution is -2.44. The monoisotopic (exact) mass is 460 g/mol. The molecule has 0 N–H and O–H groups in total. The molecule has 8 heteroatoms. The number of pyridine rings is 1. The maximum Gasteiger partial charge on any atom is 0.415 e. The summed E-state index contributed by atoms with van der Waals surface area (Å²) in [5, 5.41) is 0. The van der Waals surface area contributed by atoms with Gasteiger partial charge in [-0.05, 0) is 78.1 Å². The molecule has 2 atom stereocenters. The highest BCUT2D eigenvalue weighted by Gasteiger charge is 2.33. The summed E-state index contributed by atoms with van der Waals surface area (Å²) in [6.07, 6.45) is 8.28. The van der Waals surface area contributed by atoms with Crippen LogP contribution in [0.25, 0.3) is 0 Å². The predicted molar refractivity (Wildman–Crippen MR) is 129 cm³/mol. The van der Waals surface area contributed by atoms with Crippen LogP contribution in [0.15, 0.2) is 18.3 Å².